The maximum Gasteiger partial charge on any atom is 0.573 e. The summed E-state index contributed by atoms with van der Waals surface area (Å²) < 4.78 is 65.1. The molecule has 0 radical (unpaired) electrons. The molecule has 0 bridgehead atoms. The summed E-state index contributed by atoms with van der Waals surface area (Å²) in [5, 5.41) is 8.00. The van der Waals surface area contributed by atoms with Gasteiger partial charge in [-0.25, -0.2) is 13.6 Å². The van der Waals surface area contributed by atoms with Crippen LogP contribution in [0.2, 0.25) is 0 Å². The van der Waals surface area contributed by atoms with E-state index in [9.17, 15) is 21.6 Å². The summed E-state index contributed by atoms with van der Waals surface area (Å²) in [5.41, 5.74) is -0.0873. The van der Waals surface area contributed by atoms with E-state index in [1.807, 2.05) is 37.3 Å². The topological polar surface area (TPSA) is 81.4 Å². The van der Waals surface area contributed by atoms with Gasteiger partial charge >= 0.3 is 6.36 Å². The number of para-hydroxylation sites is 1. The van der Waals surface area contributed by atoms with Gasteiger partial charge in [0.2, 0.25) is 10.0 Å². The number of nitrogens with two attached hydrogens (primary N) is 1. The normalized spacial score (nSPS) is 13.2. The van der Waals surface area contributed by atoms with E-state index in [4.69, 9.17) is 5.14 Å². The van der Waals surface area contributed by atoms with Crippen LogP contribution in [-0.2, 0) is 10.0 Å². The summed E-state index contributed by atoms with van der Waals surface area (Å²) in [6.07, 6.45) is -4.42. The SMILES string of the molecule is CC(CCNc1cccc(S(N)(=O)=O)c1OC(F)(F)F)Sc1ccccc1. The number of thioether (sulfide) groups is 1. The Labute approximate surface area is 160 Å². The maximum atomic E-state index is 12.7. The number of sulfonamides is 1. The molecule has 1 unspecified atom stereocenters. The molecule has 2 rings (SSSR count). The van der Waals surface area contributed by atoms with E-state index in [0.717, 1.165) is 11.0 Å². The Morgan fingerprint density at radius 2 is 1.81 bits per heavy atom. The number of benzene rings is 2. The Kier molecular flexibility index (Phi) is 7.01. The highest BCUT2D eigenvalue weighted by molar-refractivity contribution is 7.99. The van der Waals surface area contributed by atoms with Gasteiger partial charge in [0.25, 0.3) is 0 Å². The van der Waals surface area contributed by atoms with E-state index in [-0.39, 0.29) is 10.9 Å². The predicted octanol–water partition coefficient (Wildman–Crippen LogP) is 4.22. The first kappa shape index (κ1) is 21.4. The first-order chi connectivity index (χ1) is 12.6. The number of ether oxygens (including phenoxy) is 1. The van der Waals surface area contributed by atoms with E-state index in [0.29, 0.717) is 13.0 Å². The standard InChI is InChI=1S/C17H19F3N2O3S2/c1-12(26-13-6-3-2-4-7-13)10-11-22-14-8-5-9-15(27(21,23)24)16(14)25-17(18,19)20/h2-9,12,22H,10-11H2,1H3,(H2,21,23,24). The molecular formula is C17H19F3N2O3S2. The summed E-state index contributed by atoms with van der Waals surface area (Å²) in [7, 11) is -4.38. The van der Waals surface area contributed by atoms with Gasteiger partial charge in [-0.15, -0.1) is 24.9 Å². The lowest BCUT2D eigenvalue weighted by Crippen LogP contribution is -2.22. The third-order valence-corrected chi connectivity index (χ3v) is 5.57. The van der Waals surface area contributed by atoms with Gasteiger partial charge in [-0.3, -0.25) is 0 Å². The molecule has 0 spiro atoms. The zero-order valence-electron chi connectivity index (χ0n) is 14.4. The first-order valence-electron chi connectivity index (χ1n) is 7.93. The van der Waals surface area contributed by atoms with Gasteiger partial charge in [0.05, 0.1) is 5.69 Å². The van der Waals surface area contributed by atoms with Crippen molar-refractivity contribution in [3.63, 3.8) is 0 Å². The van der Waals surface area contributed by atoms with E-state index in [1.165, 1.54) is 12.1 Å². The minimum atomic E-state index is -5.05. The molecule has 0 aliphatic carbocycles. The van der Waals surface area contributed by atoms with Crippen molar-refractivity contribution in [2.45, 2.75) is 34.7 Å². The van der Waals surface area contributed by atoms with Crippen molar-refractivity contribution in [2.75, 3.05) is 11.9 Å². The minimum Gasteiger partial charge on any atom is -0.402 e. The van der Waals surface area contributed by atoms with Gasteiger partial charge in [-0.05, 0) is 30.7 Å². The van der Waals surface area contributed by atoms with Gasteiger partial charge in [0.15, 0.2) is 5.75 Å². The smallest absolute Gasteiger partial charge is 0.402 e. The van der Waals surface area contributed by atoms with Gasteiger partial charge in [-0.1, -0.05) is 31.2 Å². The van der Waals surface area contributed by atoms with Crippen LogP contribution in [0, 0.1) is 0 Å². The lowest BCUT2D eigenvalue weighted by Gasteiger charge is -2.18. The number of nitrogens with one attached hydrogen (secondary N) is 1. The maximum absolute atomic E-state index is 12.7. The lowest BCUT2D eigenvalue weighted by molar-refractivity contribution is -0.275. The quantitative estimate of drug-likeness (QED) is 0.625. The number of hydrogen-bond donors (Lipinski definition) is 2. The molecule has 2 aromatic carbocycles. The first-order valence-corrected chi connectivity index (χ1v) is 10.4. The van der Waals surface area contributed by atoms with Crippen molar-refractivity contribution in [1.29, 1.82) is 0 Å². The molecule has 1 atom stereocenters. The predicted molar refractivity (Wildman–Crippen MR) is 99.4 cm³/mol. The van der Waals surface area contributed by atoms with E-state index < -0.39 is 27.0 Å². The van der Waals surface area contributed by atoms with Crippen LogP contribution in [-0.4, -0.2) is 26.6 Å². The van der Waals surface area contributed by atoms with Crippen LogP contribution in [0.25, 0.3) is 0 Å². The molecule has 0 aliphatic rings. The molecule has 0 heterocycles. The van der Waals surface area contributed by atoms with Crippen molar-refractivity contribution in [2.24, 2.45) is 5.14 Å². The molecule has 0 saturated heterocycles. The fourth-order valence-corrected chi connectivity index (χ4v) is 3.99. The Morgan fingerprint density at radius 3 is 2.41 bits per heavy atom. The molecule has 0 aliphatic heterocycles. The van der Waals surface area contributed by atoms with Crippen LogP contribution < -0.4 is 15.2 Å². The monoisotopic (exact) mass is 420 g/mol. The Balaban J connectivity index is 2.09. The average Bonchev–Trinajstić information content (AvgIpc) is 2.54. The number of hydrogen-bond acceptors (Lipinski definition) is 5. The number of alkyl halides is 3. The average molecular weight is 420 g/mol. The summed E-state index contributed by atoms with van der Waals surface area (Å²) in [4.78, 5) is 0.360. The zero-order valence-corrected chi connectivity index (χ0v) is 16.0. The van der Waals surface area contributed by atoms with Gasteiger partial charge in [0, 0.05) is 16.7 Å². The third-order valence-electron chi connectivity index (χ3n) is 3.45. The van der Waals surface area contributed by atoms with Crippen LogP contribution in [0.5, 0.6) is 5.75 Å². The molecule has 2 aromatic rings. The van der Waals surface area contributed by atoms with Crippen LogP contribution in [0.15, 0.2) is 58.3 Å². The van der Waals surface area contributed by atoms with E-state index >= 15 is 0 Å². The van der Waals surface area contributed by atoms with E-state index in [2.05, 4.69) is 10.1 Å². The lowest BCUT2D eigenvalue weighted by atomic mass is 10.2. The molecule has 0 fully saturated rings. The third kappa shape index (κ3) is 6.96. The molecule has 27 heavy (non-hydrogen) atoms. The Hall–Kier alpha value is -1.91. The van der Waals surface area contributed by atoms with E-state index in [1.54, 1.807) is 11.8 Å². The molecule has 0 amide bonds. The van der Waals surface area contributed by atoms with Crippen molar-refractivity contribution in [3.05, 3.63) is 48.5 Å². The van der Waals surface area contributed by atoms with Crippen LogP contribution >= 0.6 is 11.8 Å². The number of anilines is 1. The summed E-state index contributed by atoms with van der Waals surface area (Å²) in [5.74, 6) is -0.851. The van der Waals surface area contributed by atoms with Crippen LogP contribution in [0.1, 0.15) is 13.3 Å². The minimum absolute atomic E-state index is 0.0873. The largest absolute Gasteiger partial charge is 0.573 e. The molecule has 5 nitrogen and oxygen atoms in total. The number of primary sulfonamides is 1. The Bertz CT molecular complexity index is 859. The summed E-state index contributed by atoms with van der Waals surface area (Å²) in [6.45, 7) is 2.32. The fourth-order valence-electron chi connectivity index (χ4n) is 2.30. The summed E-state index contributed by atoms with van der Waals surface area (Å²) >= 11 is 1.63. The molecule has 3 N–H and O–H groups in total. The second kappa shape index (κ2) is 8.85. The van der Waals surface area contributed by atoms with Crippen molar-refractivity contribution in [3.8, 4) is 5.75 Å². The highest BCUT2D eigenvalue weighted by Gasteiger charge is 2.35. The Morgan fingerprint density at radius 1 is 1.15 bits per heavy atom. The highest BCUT2D eigenvalue weighted by atomic mass is 32.2. The molecular weight excluding hydrogens is 401 g/mol. The van der Waals surface area contributed by atoms with Crippen LogP contribution in [0.3, 0.4) is 0 Å². The number of rotatable bonds is 8. The highest BCUT2D eigenvalue weighted by Crippen LogP contribution is 2.36. The number of halogens is 3. The van der Waals surface area contributed by atoms with Gasteiger partial charge in [-0.2, -0.15) is 0 Å². The second-order valence-electron chi connectivity index (χ2n) is 5.68. The summed E-state index contributed by atoms with van der Waals surface area (Å²) in [6, 6.07) is 13.3. The molecule has 10 heteroatoms. The van der Waals surface area contributed by atoms with Crippen molar-refractivity contribution in [1.82, 2.24) is 0 Å². The second-order valence-corrected chi connectivity index (χ2v) is 8.72. The zero-order chi connectivity index (χ0) is 20.1. The molecule has 0 saturated carbocycles. The molecule has 148 valence electrons. The van der Waals surface area contributed by atoms with Crippen molar-refractivity contribution < 1.29 is 26.3 Å². The fraction of sp³-hybridized carbons (Fsp3) is 0.294. The molecule has 0 aromatic heterocycles. The van der Waals surface area contributed by atoms with Crippen molar-refractivity contribution >= 4 is 27.5 Å². The van der Waals surface area contributed by atoms with Crippen LogP contribution in [0.4, 0.5) is 18.9 Å². The van der Waals surface area contributed by atoms with Gasteiger partial charge < -0.3 is 10.1 Å². The van der Waals surface area contributed by atoms with Gasteiger partial charge in [0.1, 0.15) is 4.90 Å².